The van der Waals surface area contributed by atoms with Crippen LogP contribution in [0.25, 0.3) is 0 Å². The van der Waals surface area contributed by atoms with Gasteiger partial charge in [0.25, 0.3) is 0 Å². The molecule has 0 aromatic carbocycles. The first kappa shape index (κ1) is 15.9. The standard InChI is InChI=1S/C14H32N2/c1-6-14(4,5)11-12(2)7-8-13(3)16-10-9-15/h12-13,16H,6-11,15H2,1-5H3/t12?,13-/m0/s1. The Labute approximate surface area is 102 Å². The van der Waals surface area contributed by atoms with Crippen LogP contribution in [-0.4, -0.2) is 19.1 Å². The molecule has 0 aliphatic carbocycles. The first-order valence-electron chi connectivity index (χ1n) is 6.84. The number of nitrogens with one attached hydrogen (secondary N) is 1. The Morgan fingerprint density at radius 3 is 2.31 bits per heavy atom. The zero-order valence-electron chi connectivity index (χ0n) is 12.0. The highest BCUT2D eigenvalue weighted by Gasteiger charge is 2.18. The minimum atomic E-state index is 0.507. The van der Waals surface area contributed by atoms with Crippen LogP contribution in [0.2, 0.25) is 0 Å². The van der Waals surface area contributed by atoms with Gasteiger partial charge >= 0.3 is 0 Å². The Morgan fingerprint density at radius 2 is 1.81 bits per heavy atom. The fraction of sp³-hybridized carbons (Fsp3) is 1.00. The molecule has 2 atom stereocenters. The molecule has 0 saturated carbocycles. The van der Waals surface area contributed by atoms with Gasteiger partial charge in [-0.1, -0.05) is 34.1 Å². The maximum absolute atomic E-state index is 5.47. The van der Waals surface area contributed by atoms with Crippen molar-refractivity contribution >= 4 is 0 Å². The van der Waals surface area contributed by atoms with Crippen LogP contribution in [0.4, 0.5) is 0 Å². The largest absolute Gasteiger partial charge is 0.329 e. The summed E-state index contributed by atoms with van der Waals surface area (Å²) in [6.07, 6.45) is 5.20. The van der Waals surface area contributed by atoms with E-state index in [1.807, 2.05) is 0 Å². The van der Waals surface area contributed by atoms with Crippen molar-refractivity contribution in [3.05, 3.63) is 0 Å². The summed E-state index contributed by atoms with van der Waals surface area (Å²) < 4.78 is 0. The van der Waals surface area contributed by atoms with E-state index in [0.29, 0.717) is 11.5 Å². The Balaban J connectivity index is 3.68. The molecular weight excluding hydrogens is 196 g/mol. The molecule has 98 valence electrons. The van der Waals surface area contributed by atoms with Gasteiger partial charge in [0, 0.05) is 19.1 Å². The molecule has 16 heavy (non-hydrogen) atoms. The van der Waals surface area contributed by atoms with Gasteiger partial charge in [0.2, 0.25) is 0 Å². The van der Waals surface area contributed by atoms with Gasteiger partial charge in [-0.05, 0) is 37.5 Å². The number of rotatable bonds is 9. The average molecular weight is 228 g/mol. The first-order chi connectivity index (χ1) is 7.41. The second kappa shape index (κ2) is 8.08. The van der Waals surface area contributed by atoms with Gasteiger partial charge in [0.05, 0.1) is 0 Å². The van der Waals surface area contributed by atoms with Crippen molar-refractivity contribution in [1.82, 2.24) is 5.32 Å². The minimum Gasteiger partial charge on any atom is -0.329 e. The molecule has 0 saturated heterocycles. The zero-order chi connectivity index (χ0) is 12.6. The van der Waals surface area contributed by atoms with E-state index >= 15 is 0 Å². The summed E-state index contributed by atoms with van der Waals surface area (Å²) in [6.45, 7) is 13.4. The van der Waals surface area contributed by atoms with Crippen LogP contribution in [0.3, 0.4) is 0 Å². The van der Waals surface area contributed by atoms with Crippen molar-refractivity contribution in [3.8, 4) is 0 Å². The third-order valence-electron chi connectivity index (χ3n) is 3.59. The molecule has 0 bridgehead atoms. The van der Waals surface area contributed by atoms with Crippen LogP contribution < -0.4 is 11.1 Å². The van der Waals surface area contributed by atoms with Crippen LogP contribution in [-0.2, 0) is 0 Å². The molecule has 0 radical (unpaired) electrons. The normalized spacial score (nSPS) is 16.1. The lowest BCUT2D eigenvalue weighted by atomic mass is 9.79. The molecule has 2 nitrogen and oxygen atoms in total. The van der Waals surface area contributed by atoms with E-state index in [9.17, 15) is 0 Å². The summed E-state index contributed by atoms with van der Waals surface area (Å²) in [5.41, 5.74) is 5.98. The van der Waals surface area contributed by atoms with Crippen LogP contribution in [0.1, 0.15) is 60.3 Å². The fourth-order valence-corrected chi connectivity index (χ4v) is 2.16. The summed E-state index contributed by atoms with van der Waals surface area (Å²) in [4.78, 5) is 0. The second-order valence-electron chi connectivity index (χ2n) is 6.05. The predicted octanol–water partition coefficient (Wildman–Crippen LogP) is 3.17. The van der Waals surface area contributed by atoms with Gasteiger partial charge in [-0.25, -0.2) is 0 Å². The summed E-state index contributed by atoms with van der Waals surface area (Å²) in [6, 6.07) is 0.607. The van der Waals surface area contributed by atoms with Crippen molar-refractivity contribution in [2.75, 3.05) is 13.1 Å². The quantitative estimate of drug-likeness (QED) is 0.636. The maximum atomic E-state index is 5.47. The predicted molar refractivity (Wildman–Crippen MR) is 73.6 cm³/mol. The maximum Gasteiger partial charge on any atom is 0.00769 e. The monoisotopic (exact) mass is 228 g/mol. The second-order valence-corrected chi connectivity index (χ2v) is 6.05. The number of nitrogens with two attached hydrogens (primary N) is 1. The number of hydrogen-bond donors (Lipinski definition) is 2. The van der Waals surface area contributed by atoms with Crippen LogP contribution in [0, 0.1) is 11.3 Å². The lowest BCUT2D eigenvalue weighted by Gasteiger charge is -2.27. The van der Waals surface area contributed by atoms with Gasteiger partial charge in [0.1, 0.15) is 0 Å². The van der Waals surface area contributed by atoms with Crippen molar-refractivity contribution in [3.63, 3.8) is 0 Å². The van der Waals surface area contributed by atoms with Gasteiger partial charge in [0.15, 0.2) is 0 Å². The van der Waals surface area contributed by atoms with E-state index in [0.717, 1.165) is 19.0 Å². The summed E-state index contributed by atoms with van der Waals surface area (Å²) in [5, 5.41) is 3.44. The van der Waals surface area contributed by atoms with E-state index in [4.69, 9.17) is 5.73 Å². The Kier molecular flexibility index (Phi) is 8.04. The zero-order valence-corrected chi connectivity index (χ0v) is 12.0. The smallest absolute Gasteiger partial charge is 0.00769 e. The molecule has 0 aromatic heterocycles. The Bertz CT molecular complexity index is 166. The molecule has 0 amide bonds. The van der Waals surface area contributed by atoms with E-state index in [-0.39, 0.29) is 0 Å². The van der Waals surface area contributed by atoms with E-state index in [1.54, 1.807) is 0 Å². The van der Waals surface area contributed by atoms with Gasteiger partial charge in [-0.2, -0.15) is 0 Å². The van der Waals surface area contributed by atoms with Gasteiger partial charge in [-0.15, -0.1) is 0 Å². The van der Waals surface area contributed by atoms with Crippen LogP contribution in [0.5, 0.6) is 0 Å². The first-order valence-corrected chi connectivity index (χ1v) is 6.84. The molecule has 3 N–H and O–H groups in total. The van der Waals surface area contributed by atoms with Crippen molar-refractivity contribution in [2.24, 2.45) is 17.1 Å². The van der Waals surface area contributed by atoms with Gasteiger partial charge in [-0.3, -0.25) is 0 Å². The topological polar surface area (TPSA) is 38.0 Å². The molecule has 0 heterocycles. The molecule has 1 unspecified atom stereocenters. The van der Waals surface area contributed by atoms with E-state index < -0.39 is 0 Å². The summed E-state index contributed by atoms with van der Waals surface area (Å²) in [5.74, 6) is 0.831. The third kappa shape index (κ3) is 8.12. The Hall–Kier alpha value is -0.0800. The lowest BCUT2D eigenvalue weighted by molar-refractivity contribution is 0.252. The fourth-order valence-electron chi connectivity index (χ4n) is 2.16. The van der Waals surface area contributed by atoms with E-state index in [1.165, 1.54) is 25.7 Å². The SMILES string of the molecule is CCC(C)(C)CC(C)CC[C@H](C)NCCN. The number of hydrogen-bond acceptors (Lipinski definition) is 2. The molecule has 2 heteroatoms. The average Bonchev–Trinajstić information content (AvgIpc) is 2.23. The highest BCUT2D eigenvalue weighted by Crippen LogP contribution is 2.30. The molecule has 0 aromatic rings. The molecule has 0 rings (SSSR count). The summed E-state index contributed by atoms with van der Waals surface area (Å²) in [7, 11) is 0. The van der Waals surface area contributed by atoms with Crippen molar-refractivity contribution in [2.45, 2.75) is 66.3 Å². The third-order valence-corrected chi connectivity index (χ3v) is 3.59. The highest BCUT2D eigenvalue weighted by molar-refractivity contribution is 4.71. The van der Waals surface area contributed by atoms with Crippen molar-refractivity contribution < 1.29 is 0 Å². The molecular formula is C14H32N2. The molecule has 0 fully saturated rings. The van der Waals surface area contributed by atoms with Gasteiger partial charge < -0.3 is 11.1 Å². The molecule has 0 spiro atoms. The lowest BCUT2D eigenvalue weighted by Crippen LogP contribution is -2.31. The molecule has 0 aliphatic heterocycles. The van der Waals surface area contributed by atoms with Crippen LogP contribution in [0.15, 0.2) is 0 Å². The van der Waals surface area contributed by atoms with Crippen molar-refractivity contribution in [1.29, 1.82) is 0 Å². The minimum absolute atomic E-state index is 0.507. The van der Waals surface area contributed by atoms with E-state index in [2.05, 4.69) is 39.9 Å². The Morgan fingerprint density at radius 1 is 1.19 bits per heavy atom. The summed E-state index contributed by atoms with van der Waals surface area (Å²) >= 11 is 0. The van der Waals surface area contributed by atoms with Crippen LogP contribution >= 0.6 is 0 Å². The molecule has 0 aliphatic rings. The highest BCUT2D eigenvalue weighted by atomic mass is 14.9.